The lowest BCUT2D eigenvalue weighted by Crippen LogP contribution is -1.82. The van der Waals surface area contributed by atoms with Crippen molar-refractivity contribution in [3.63, 3.8) is 0 Å². The lowest BCUT2D eigenvalue weighted by molar-refractivity contribution is 0.356. The third kappa shape index (κ3) is 1.01. The van der Waals surface area contributed by atoms with Crippen molar-refractivity contribution in [2.45, 2.75) is 0 Å². The van der Waals surface area contributed by atoms with E-state index in [4.69, 9.17) is 0 Å². The maximum absolute atomic E-state index is 11.2. The molecular formula is C7H5N4O. The number of aromatic nitrogens is 4. The Bertz CT molecular complexity index is 371. The van der Waals surface area contributed by atoms with Crippen molar-refractivity contribution in [1.82, 2.24) is 20.2 Å². The fraction of sp³-hybridized carbons (Fsp3) is 0. The van der Waals surface area contributed by atoms with Gasteiger partial charge in [-0.15, -0.1) is 10.2 Å². The van der Waals surface area contributed by atoms with Crippen LogP contribution >= 0.6 is 0 Å². The zero-order valence-corrected chi connectivity index (χ0v) is 6.06. The summed E-state index contributed by atoms with van der Waals surface area (Å²) in [7, 11) is 0. The number of aromatic amines is 1. The number of pyridine rings is 1. The first-order valence-electron chi connectivity index (χ1n) is 3.35. The van der Waals surface area contributed by atoms with E-state index in [9.17, 15) is 5.11 Å². The summed E-state index contributed by atoms with van der Waals surface area (Å²) in [4.78, 5) is 6.55. The maximum Gasteiger partial charge on any atom is 0.192 e. The van der Waals surface area contributed by atoms with Crippen LogP contribution in [0.1, 0.15) is 0 Å². The van der Waals surface area contributed by atoms with Gasteiger partial charge in [-0.1, -0.05) is 0 Å². The lowest BCUT2D eigenvalue weighted by atomic mass is 10.2. The Morgan fingerprint density at radius 3 is 3.00 bits per heavy atom. The summed E-state index contributed by atoms with van der Waals surface area (Å²) in [5.74, 6) is 0.342. The number of hydrogen-bond acceptors (Lipinski definition) is 3. The minimum atomic E-state index is -0.109. The highest BCUT2D eigenvalue weighted by Gasteiger charge is 2.07. The van der Waals surface area contributed by atoms with Crippen LogP contribution in [0.3, 0.4) is 0 Å². The van der Waals surface area contributed by atoms with Gasteiger partial charge in [-0.3, -0.25) is 10.1 Å². The first kappa shape index (κ1) is 6.78. The van der Waals surface area contributed by atoms with Crippen molar-refractivity contribution in [2.24, 2.45) is 0 Å². The van der Waals surface area contributed by atoms with Crippen molar-refractivity contribution in [1.29, 1.82) is 0 Å². The van der Waals surface area contributed by atoms with E-state index in [-0.39, 0.29) is 5.75 Å². The molecule has 12 heavy (non-hydrogen) atoms. The van der Waals surface area contributed by atoms with Crippen LogP contribution in [0, 0.1) is 0 Å². The quantitative estimate of drug-likeness (QED) is 0.678. The summed E-state index contributed by atoms with van der Waals surface area (Å²) in [6, 6.07) is 1.39. The Hall–Kier alpha value is -1.91. The number of hydrogen-bond donors (Lipinski definition) is 1. The summed E-state index contributed by atoms with van der Waals surface area (Å²) in [5.41, 5.74) is 0.440. The molecule has 2 aromatic rings. The van der Waals surface area contributed by atoms with Gasteiger partial charge in [0.15, 0.2) is 11.6 Å². The highest BCUT2D eigenvalue weighted by atomic mass is 16.3. The van der Waals surface area contributed by atoms with Crippen molar-refractivity contribution >= 4 is 0 Å². The van der Waals surface area contributed by atoms with Gasteiger partial charge < -0.3 is 4.98 Å². The van der Waals surface area contributed by atoms with Crippen LogP contribution in [0.4, 0.5) is 0 Å². The number of rotatable bonds is 1. The van der Waals surface area contributed by atoms with E-state index in [1.165, 1.54) is 24.8 Å². The molecule has 2 heterocycles. The van der Waals surface area contributed by atoms with Crippen molar-refractivity contribution < 1.29 is 5.11 Å². The minimum Gasteiger partial charge on any atom is -0.327 e. The van der Waals surface area contributed by atoms with Crippen LogP contribution < -0.4 is 0 Å². The smallest absolute Gasteiger partial charge is 0.192 e. The molecule has 0 aliphatic carbocycles. The Morgan fingerprint density at radius 1 is 1.42 bits per heavy atom. The Morgan fingerprint density at radius 2 is 2.33 bits per heavy atom. The number of nitrogens with one attached hydrogen (secondary N) is 1. The fourth-order valence-electron chi connectivity index (χ4n) is 0.897. The summed E-state index contributed by atoms with van der Waals surface area (Å²) in [5, 5.41) is 18.5. The van der Waals surface area contributed by atoms with Gasteiger partial charge in [0.2, 0.25) is 0 Å². The van der Waals surface area contributed by atoms with E-state index in [2.05, 4.69) is 20.2 Å². The van der Waals surface area contributed by atoms with E-state index >= 15 is 0 Å². The molecule has 0 aromatic carbocycles. The fourth-order valence-corrected chi connectivity index (χ4v) is 0.897. The molecule has 0 aliphatic rings. The zero-order chi connectivity index (χ0) is 8.39. The molecule has 0 amide bonds. The van der Waals surface area contributed by atoms with E-state index in [1.54, 1.807) is 0 Å². The van der Waals surface area contributed by atoms with Gasteiger partial charge in [0.1, 0.15) is 6.33 Å². The molecule has 2 aromatic heterocycles. The van der Waals surface area contributed by atoms with Crippen molar-refractivity contribution in [3.05, 3.63) is 24.8 Å². The van der Waals surface area contributed by atoms with E-state index < -0.39 is 0 Å². The minimum absolute atomic E-state index is 0.109. The predicted molar refractivity (Wildman–Crippen MR) is 39.7 cm³/mol. The van der Waals surface area contributed by atoms with Crippen LogP contribution in [0.2, 0.25) is 0 Å². The highest BCUT2D eigenvalue weighted by Crippen LogP contribution is 2.23. The lowest BCUT2D eigenvalue weighted by Gasteiger charge is -1.94. The van der Waals surface area contributed by atoms with Crippen LogP contribution in [0.15, 0.2) is 24.8 Å². The standard InChI is InChI=1S/C7H5N4O/c12-6-1-2-8-3-5(6)7-9-4-10-11-7/h1-4H,(H,9,10,11). The van der Waals surface area contributed by atoms with Gasteiger partial charge in [-0.05, 0) is 0 Å². The van der Waals surface area contributed by atoms with Gasteiger partial charge in [-0.25, -0.2) is 0 Å². The van der Waals surface area contributed by atoms with Crippen molar-refractivity contribution in [2.75, 3.05) is 0 Å². The predicted octanol–water partition coefficient (Wildman–Crippen LogP) is 1.01. The first-order valence-corrected chi connectivity index (χ1v) is 3.35. The zero-order valence-electron chi connectivity index (χ0n) is 6.06. The second-order valence-electron chi connectivity index (χ2n) is 2.21. The molecule has 0 fully saturated rings. The van der Waals surface area contributed by atoms with Gasteiger partial charge in [0, 0.05) is 18.5 Å². The molecule has 0 spiro atoms. The molecule has 0 bridgehead atoms. The summed E-state index contributed by atoms with van der Waals surface area (Å²) < 4.78 is 0. The summed E-state index contributed by atoms with van der Waals surface area (Å²) >= 11 is 0. The SMILES string of the molecule is [O]c1ccncc1-c1nnc[nH]1. The molecule has 1 N–H and O–H groups in total. The summed E-state index contributed by atoms with van der Waals surface area (Å²) in [6.45, 7) is 0. The van der Waals surface area contributed by atoms with E-state index in [0.717, 1.165) is 0 Å². The molecule has 0 saturated heterocycles. The normalized spacial score (nSPS) is 10.0. The molecule has 2 rings (SSSR count). The first-order chi connectivity index (χ1) is 5.88. The summed E-state index contributed by atoms with van der Waals surface area (Å²) in [6.07, 6.45) is 4.33. The third-order valence-corrected chi connectivity index (χ3v) is 1.45. The van der Waals surface area contributed by atoms with Crippen LogP contribution in [0.25, 0.3) is 11.4 Å². The highest BCUT2D eigenvalue weighted by molar-refractivity contribution is 5.60. The molecular weight excluding hydrogens is 156 g/mol. The Labute approximate surface area is 68.1 Å². The van der Waals surface area contributed by atoms with Crippen LogP contribution in [-0.4, -0.2) is 20.2 Å². The second kappa shape index (κ2) is 2.61. The average molecular weight is 161 g/mol. The van der Waals surface area contributed by atoms with Gasteiger partial charge in [0.05, 0.1) is 5.56 Å². The van der Waals surface area contributed by atoms with Crippen LogP contribution in [-0.2, 0) is 5.11 Å². The Kier molecular flexibility index (Phi) is 1.48. The molecule has 0 atom stereocenters. The van der Waals surface area contributed by atoms with Crippen molar-refractivity contribution in [3.8, 4) is 17.1 Å². The number of nitrogens with zero attached hydrogens (tertiary/aromatic N) is 3. The average Bonchev–Trinajstić information content (AvgIpc) is 2.57. The monoisotopic (exact) mass is 161 g/mol. The number of H-pyrrole nitrogens is 1. The second-order valence-corrected chi connectivity index (χ2v) is 2.21. The largest absolute Gasteiger partial charge is 0.327 e. The van der Waals surface area contributed by atoms with E-state index in [0.29, 0.717) is 11.4 Å². The molecule has 1 radical (unpaired) electrons. The van der Waals surface area contributed by atoms with Gasteiger partial charge in [-0.2, -0.15) is 0 Å². The van der Waals surface area contributed by atoms with E-state index in [1.807, 2.05) is 0 Å². The molecule has 0 aliphatic heterocycles. The molecule has 5 nitrogen and oxygen atoms in total. The van der Waals surface area contributed by atoms with Crippen LogP contribution in [0.5, 0.6) is 5.75 Å². The van der Waals surface area contributed by atoms with Gasteiger partial charge in [0.25, 0.3) is 0 Å². The maximum atomic E-state index is 11.2. The topological polar surface area (TPSA) is 74.4 Å². The van der Waals surface area contributed by atoms with Gasteiger partial charge >= 0.3 is 0 Å². The molecule has 5 heteroatoms. The molecule has 0 saturated carbocycles. The molecule has 0 unspecified atom stereocenters. The molecule has 59 valence electrons. The Balaban J connectivity index is 2.55. The third-order valence-electron chi connectivity index (χ3n) is 1.45.